The Kier molecular flexibility index (Phi) is 3.23. The van der Waals surface area contributed by atoms with Gasteiger partial charge >= 0.3 is 11.9 Å². The molecule has 4 nitrogen and oxygen atoms in total. The topological polar surface area (TPSA) is 52.6 Å². The molecule has 1 aliphatic heterocycles. The molecule has 0 N–H and O–H groups in total. The van der Waals surface area contributed by atoms with Crippen LogP contribution >= 0.6 is 0 Å². The number of carbonyl (C=O) groups excluding carboxylic acids is 2. The summed E-state index contributed by atoms with van der Waals surface area (Å²) in [6.45, 7) is 9.27. The Morgan fingerprint density at radius 3 is 2.21 bits per heavy atom. The van der Waals surface area contributed by atoms with E-state index >= 15 is 0 Å². The van der Waals surface area contributed by atoms with Crippen LogP contribution in [0.25, 0.3) is 0 Å². The molecule has 1 unspecified atom stereocenters. The number of hydrogen-bond donors (Lipinski definition) is 0. The van der Waals surface area contributed by atoms with Crippen LogP contribution in [0.15, 0.2) is 11.6 Å². The molecule has 1 saturated heterocycles. The van der Waals surface area contributed by atoms with Gasteiger partial charge in [-0.25, -0.2) is 0 Å². The zero-order valence-corrected chi connectivity index (χ0v) is 12.3. The lowest BCUT2D eigenvalue weighted by Crippen LogP contribution is -2.58. The summed E-state index contributed by atoms with van der Waals surface area (Å²) in [6.07, 6.45) is 3.08. The fraction of sp³-hybridized carbons (Fsp3) is 0.733. The molecule has 1 heterocycles. The number of carbonyl (C=O) groups is 2. The average Bonchev–Trinajstić information content (AvgIpc) is 2.25. The number of cyclic esters (lactones) is 2. The van der Waals surface area contributed by atoms with Crippen molar-refractivity contribution in [1.82, 2.24) is 0 Å². The third kappa shape index (κ3) is 2.17. The second kappa shape index (κ2) is 4.36. The predicted octanol–water partition coefficient (Wildman–Crippen LogP) is 2.82. The minimum Gasteiger partial charge on any atom is -0.422 e. The maximum Gasteiger partial charge on any atom is 0.327 e. The van der Waals surface area contributed by atoms with Gasteiger partial charge in [0.25, 0.3) is 5.79 Å². The lowest BCUT2D eigenvalue weighted by molar-refractivity contribution is -0.257. The van der Waals surface area contributed by atoms with Crippen molar-refractivity contribution in [2.24, 2.45) is 17.3 Å². The smallest absolute Gasteiger partial charge is 0.327 e. The monoisotopic (exact) mass is 266 g/mol. The molecule has 1 fully saturated rings. The Labute approximate surface area is 114 Å². The molecular formula is C15H22O4. The highest BCUT2D eigenvalue weighted by Crippen LogP contribution is 2.49. The van der Waals surface area contributed by atoms with Crippen LogP contribution in [0.5, 0.6) is 0 Å². The van der Waals surface area contributed by atoms with Gasteiger partial charge in [-0.2, -0.15) is 0 Å². The number of ether oxygens (including phenoxy) is 2. The molecule has 0 aromatic carbocycles. The van der Waals surface area contributed by atoms with E-state index in [4.69, 9.17) is 9.47 Å². The van der Waals surface area contributed by atoms with Crippen molar-refractivity contribution in [2.45, 2.75) is 53.2 Å². The molecule has 0 bridgehead atoms. The fourth-order valence-corrected chi connectivity index (χ4v) is 3.10. The Bertz CT molecular complexity index is 425. The first kappa shape index (κ1) is 14.1. The van der Waals surface area contributed by atoms with Gasteiger partial charge in [0, 0.05) is 13.8 Å². The zero-order chi connectivity index (χ0) is 14.4. The highest BCUT2D eigenvalue weighted by Gasteiger charge is 2.61. The molecule has 4 heteroatoms. The number of esters is 2. The normalized spacial score (nSPS) is 28.9. The lowest BCUT2D eigenvalue weighted by atomic mass is 9.62. The first-order valence-electron chi connectivity index (χ1n) is 6.81. The first-order valence-corrected chi connectivity index (χ1v) is 6.81. The van der Waals surface area contributed by atoms with Crippen LogP contribution < -0.4 is 0 Å². The van der Waals surface area contributed by atoms with Gasteiger partial charge in [-0.3, -0.25) is 9.59 Å². The second-order valence-electron chi connectivity index (χ2n) is 6.46. The lowest BCUT2D eigenvalue weighted by Gasteiger charge is -2.46. The molecule has 106 valence electrons. The summed E-state index contributed by atoms with van der Waals surface area (Å²) in [7, 11) is 0. The van der Waals surface area contributed by atoms with Gasteiger partial charge in [-0.05, 0) is 31.6 Å². The molecular weight excluding hydrogens is 244 g/mol. The standard InChI is InChI=1S/C15H22O4/c1-9(2)11-8-10(3)6-7-15(11)12(16)18-14(4,5)19-13(15)17/h6,9,11H,7-8H2,1-5H3. The number of rotatable bonds is 1. The summed E-state index contributed by atoms with van der Waals surface area (Å²) >= 11 is 0. The molecule has 19 heavy (non-hydrogen) atoms. The SMILES string of the molecule is CC1=CCC2(C(=O)OC(C)(C)OC2=O)C(C(C)C)C1. The van der Waals surface area contributed by atoms with E-state index < -0.39 is 23.1 Å². The average molecular weight is 266 g/mol. The van der Waals surface area contributed by atoms with Crippen molar-refractivity contribution in [2.75, 3.05) is 0 Å². The molecule has 1 aliphatic carbocycles. The summed E-state index contributed by atoms with van der Waals surface area (Å²) < 4.78 is 10.7. The Balaban J connectivity index is 2.45. The van der Waals surface area contributed by atoms with Gasteiger partial charge in [0.15, 0.2) is 5.41 Å². The Hall–Kier alpha value is -1.32. The summed E-state index contributed by atoms with van der Waals surface area (Å²) in [4.78, 5) is 24.9. The van der Waals surface area contributed by atoms with E-state index in [1.54, 1.807) is 13.8 Å². The Morgan fingerprint density at radius 1 is 1.21 bits per heavy atom. The number of allylic oxidation sites excluding steroid dienone is 2. The van der Waals surface area contributed by atoms with Crippen LogP contribution in [0.4, 0.5) is 0 Å². The summed E-state index contributed by atoms with van der Waals surface area (Å²) in [6, 6.07) is 0. The van der Waals surface area contributed by atoms with Crippen LogP contribution in [0, 0.1) is 17.3 Å². The largest absolute Gasteiger partial charge is 0.422 e. The van der Waals surface area contributed by atoms with Crippen molar-refractivity contribution in [1.29, 1.82) is 0 Å². The van der Waals surface area contributed by atoms with E-state index in [1.165, 1.54) is 5.57 Å². The van der Waals surface area contributed by atoms with Gasteiger partial charge < -0.3 is 9.47 Å². The quantitative estimate of drug-likeness (QED) is 0.416. The second-order valence-corrected chi connectivity index (χ2v) is 6.46. The van der Waals surface area contributed by atoms with Crippen LogP contribution in [-0.2, 0) is 19.1 Å². The molecule has 0 aromatic heterocycles. The molecule has 2 rings (SSSR count). The summed E-state index contributed by atoms with van der Waals surface area (Å²) in [5, 5.41) is 0. The molecule has 2 aliphatic rings. The van der Waals surface area contributed by atoms with E-state index in [0.29, 0.717) is 6.42 Å². The molecule has 0 amide bonds. The minimum absolute atomic E-state index is 0.0615. The van der Waals surface area contributed by atoms with Crippen molar-refractivity contribution < 1.29 is 19.1 Å². The minimum atomic E-state index is -1.16. The van der Waals surface area contributed by atoms with Crippen LogP contribution in [0.3, 0.4) is 0 Å². The third-order valence-corrected chi connectivity index (χ3v) is 4.16. The molecule has 0 aromatic rings. The van der Waals surface area contributed by atoms with Crippen LogP contribution in [0.1, 0.15) is 47.5 Å². The zero-order valence-electron chi connectivity index (χ0n) is 12.3. The molecule has 0 radical (unpaired) electrons. The molecule has 1 spiro atoms. The van der Waals surface area contributed by atoms with E-state index in [1.807, 2.05) is 26.8 Å². The van der Waals surface area contributed by atoms with E-state index in [-0.39, 0.29) is 11.8 Å². The van der Waals surface area contributed by atoms with Crippen molar-refractivity contribution in [3.63, 3.8) is 0 Å². The van der Waals surface area contributed by atoms with Gasteiger partial charge in [-0.15, -0.1) is 0 Å². The maximum atomic E-state index is 12.5. The van der Waals surface area contributed by atoms with Gasteiger partial charge in [-0.1, -0.05) is 25.5 Å². The third-order valence-electron chi connectivity index (χ3n) is 4.16. The highest BCUT2D eigenvalue weighted by molar-refractivity contribution is 6.02. The fourth-order valence-electron chi connectivity index (χ4n) is 3.10. The maximum absolute atomic E-state index is 12.5. The van der Waals surface area contributed by atoms with Gasteiger partial charge in [0.1, 0.15) is 0 Å². The van der Waals surface area contributed by atoms with Crippen molar-refractivity contribution >= 4 is 11.9 Å². The number of hydrogen-bond acceptors (Lipinski definition) is 4. The summed E-state index contributed by atoms with van der Waals surface area (Å²) in [5.74, 6) is -1.87. The van der Waals surface area contributed by atoms with Crippen molar-refractivity contribution in [3.8, 4) is 0 Å². The van der Waals surface area contributed by atoms with Gasteiger partial charge in [0.05, 0.1) is 0 Å². The van der Waals surface area contributed by atoms with Crippen molar-refractivity contribution in [3.05, 3.63) is 11.6 Å². The first-order chi connectivity index (χ1) is 8.69. The van der Waals surface area contributed by atoms with Crippen LogP contribution in [0.2, 0.25) is 0 Å². The van der Waals surface area contributed by atoms with Gasteiger partial charge in [0.2, 0.25) is 0 Å². The molecule has 0 saturated carbocycles. The molecule has 1 atom stereocenters. The Morgan fingerprint density at radius 2 is 1.74 bits per heavy atom. The highest BCUT2D eigenvalue weighted by atomic mass is 16.7. The van der Waals surface area contributed by atoms with E-state index in [0.717, 1.165) is 6.42 Å². The van der Waals surface area contributed by atoms with E-state index in [2.05, 4.69) is 0 Å². The van der Waals surface area contributed by atoms with Crippen LogP contribution in [-0.4, -0.2) is 17.7 Å². The summed E-state index contributed by atoms with van der Waals surface area (Å²) in [5.41, 5.74) is 0.0678. The predicted molar refractivity (Wildman–Crippen MR) is 70.0 cm³/mol. The van der Waals surface area contributed by atoms with E-state index in [9.17, 15) is 9.59 Å².